The van der Waals surface area contributed by atoms with Crippen LogP contribution < -0.4 is 10.6 Å². The molecule has 2 saturated heterocycles. The number of likely N-dealkylation sites (tertiary alicyclic amines) is 1. The van der Waals surface area contributed by atoms with Gasteiger partial charge in [-0.05, 0) is 43.6 Å². The zero-order chi connectivity index (χ0) is 22.0. The molecule has 0 radical (unpaired) electrons. The van der Waals surface area contributed by atoms with E-state index < -0.39 is 0 Å². The van der Waals surface area contributed by atoms with Gasteiger partial charge in [-0.2, -0.15) is 0 Å². The van der Waals surface area contributed by atoms with Crippen molar-refractivity contribution in [2.45, 2.75) is 31.3 Å². The van der Waals surface area contributed by atoms with Crippen LogP contribution in [0.1, 0.15) is 42.7 Å². The summed E-state index contributed by atoms with van der Waals surface area (Å²) in [7, 11) is 1.84. The van der Waals surface area contributed by atoms with E-state index in [0.717, 1.165) is 64.2 Å². The number of aliphatic imine (C=N–C) groups is 1. The summed E-state index contributed by atoms with van der Waals surface area (Å²) in [5.41, 5.74) is 1.32. The first kappa shape index (κ1) is 26.0. The van der Waals surface area contributed by atoms with Gasteiger partial charge in [0.15, 0.2) is 5.96 Å². The molecule has 0 saturated carbocycles. The van der Waals surface area contributed by atoms with Gasteiger partial charge in [-0.25, -0.2) is 0 Å². The Labute approximate surface area is 215 Å². The first-order valence-corrected chi connectivity index (χ1v) is 11.9. The normalized spacial score (nSPS) is 20.0. The molecule has 0 bridgehead atoms. The van der Waals surface area contributed by atoms with Crippen LogP contribution in [0.15, 0.2) is 58.1 Å². The number of hydrogen-bond donors (Lipinski definition) is 2. The van der Waals surface area contributed by atoms with Crippen molar-refractivity contribution in [2.24, 2.45) is 4.99 Å². The van der Waals surface area contributed by atoms with Crippen LogP contribution in [0.2, 0.25) is 0 Å². The quantitative estimate of drug-likeness (QED) is 0.289. The molecule has 2 atom stereocenters. The maximum atomic E-state index is 5.79. The summed E-state index contributed by atoms with van der Waals surface area (Å²) in [6.45, 7) is 7.26. The Morgan fingerprint density at radius 1 is 0.879 bits per heavy atom. The largest absolute Gasteiger partial charge is 0.468 e. The van der Waals surface area contributed by atoms with Gasteiger partial charge in [-0.15, -0.1) is 24.0 Å². The zero-order valence-corrected chi connectivity index (χ0v) is 21.9. The Morgan fingerprint density at radius 2 is 1.55 bits per heavy atom. The predicted octanol–water partition coefficient (Wildman–Crippen LogP) is 3.66. The predicted molar refractivity (Wildman–Crippen MR) is 143 cm³/mol. The molecule has 8 heteroatoms. The number of ether oxygens (including phenoxy) is 1. The van der Waals surface area contributed by atoms with Crippen molar-refractivity contribution in [3.8, 4) is 0 Å². The molecule has 182 valence electrons. The van der Waals surface area contributed by atoms with E-state index in [0.29, 0.717) is 0 Å². The third kappa shape index (κ3) is 7.43. The van der Waals surface area contributed by atoms with Gasteiger partial charge in [0, 0.05) is 33.2 Å². The summed E-state index contributed by atoms with van der Waals surface area (Å²) in [4.78, 5) is 9.53. The molecule has 1 aromatic heterocycles. The first-order valence-electron chi connectivity index (χ1n) is 11.9. The molecular weight excluding hydrogens is 529 g/mol. The van der Waals surface area contributed by atoms with Crippen molar-refractivity contribution in [3.63, 3.8) is 0 Å². The van der Waals surface area contributed by atoms with Crippen LogP contribution in [0, 0.1) is 0 Å². The molecule has 2 unspecified atom stereocenters. The van der Waals surface area contributed by atoms with E-state index >= 15 is 0 Å². The van der Waals surface area contributed by atoms with Gasteiger partial charge >= 0.3 is 0 Å². The summed E-state index contributed by atoms with van der Waals surface area (Å²) in [5, 5.41) is 7.14. The second-order valence-electron chi connectivity index (χ2n) is 8.54. The second kappa shape index (κ2) is 13.9. The van der Waals surface area contributed by atoms with E-state index in [9.17, 15) is 0 Å². The highest BCUT2D eigenvalue weighted by Gasteiger charge is 2.26. The van der Waals surface area contributed by atoms with E-state index in [4.69, 9.17) is 9.15 Å². The Hall–Kier alpha value is -1.62. The van der Waals surface area contributed by atoms with Crippen LogP contribution >= 0.6 is 24.0 Å². The molecule has 7 nitrogen and oxygen atoms in total. The average molecular weight is 568 g/mol. The molecule has 2 fully saturated rings. The van der Waals surface area contributed by atoms with Crippen molar-refractivity contribution >= 4 is 29.9 Å². The molecule has 2 N–H and O–H groups in total. The topological polar surface area (TPSA) is 65.3 Å². The van der Waals surface area contributed by atoms with Gasteiger partial charge in [0.2, 0.25) is 0 Å². The molecule has 1 aromatic carbocycles. The summed E-state index contributed by atoms with van der Waals surface area (Å²) in [5.74, 6) is 1.85. The summed E-state index contributed by atoms with van der Waals surface area (Å²) in [6.07, 6.45) is 5.59. The molecule has 33 heavy (non-hydrogen) atoms. The minimum absolute atomic E-state index is 0. The molecule has 0 aliphatic carbocycles. The van der Waals surface area contributed by atoms with Gasteiger partial charge in [0.1, 0.15) is 5.76 Å². The SMILES string of the molecule is CN=C(NCC(c1ccccc1)N1CCOCC1)NCC(c1ccco1)N1CCCCC1.I. The van der Waals surface area contributed by atoms with Gasteiger partial charge in [-0.1, -0.05) is 36.8 Å². The van der Waals surface area contributed by atoms with Gasteiger partial charge < -0.3 is 19.8 Å². The lowest BCUT2D eigenvalue weighted by molar-refractivity contribution is 0.0170. The number of halogens is 1. The van der Waals surface area contributed by atoms with Gasteiger partial charge in [0.25, 0.3) is 0 Å². The third-order valence-corrected chi connectivity index (χ3v) is 6.52. The zero-order valence-electron chi connectivity index (χ0n) is 19.6. The fourth-order valence-electron chi connectivity index (χ4n) is 4.75. The minimum atomic E-state index is 0. The van der Waals surface area contributed by atoms with Crippen LogP contribution in [0.25, 0.3) is 0 Å². The van der Waals surface area contributed by atoms with Crippen LogP contribution in [-0.4, -0.2) is 75.3 Å². The van der Waals surface area contributed by atoms with Crippen LogP contribution in [0.5, 0.6) is 0 Å². The van der Waals surface area contributed by atoms with Crippen LogP contribution in [-0.2, 0) is 4.74 Å². The highest BCUT2D eigenvalue weighted by atomic mass is 127. The summed E-state index contributed by atoms with van der Waals surface area (Å²) >= 11 is 0. The van der Waals surface area contributed by atoms with Crippen molar-refractivity contribution in [1.29, 1.82) is 0 Å². The lowest BCUT2D eigenvalue weighted by Gasteiger charge is -2.35. The molecule has 2 aliphatic heterocycles. The lowest BCUT2D eigenvalue weighted by Crippen LogP contribution is -2.48. The molecule has 3 heterocycles. The van der Waals surface area contributed by atoms with E-state index in [1.165, 1.54) is 24.8 Å². The van der Waals surface area contributed by atoms with E-state index in [1.807, 2.05) is 13.1 Å². The minimum Gasteiger partial charge on any atom is -0.468 e. The highest BCUT2D eigenvalue weighted by molar-refractivity contribution is 14.0. The number of nitrogens with one attached hydrogen (secondary N) is 2. The number of furan rings is 1. The van der Waals surface area contributed by atoms with Crippen LogP contribution in [0.3, 0.4) is 0 Å². The first-order chi connectivity index (χ1) is 15.8. The molecular formula is C25H38IN5O2. The number of morpholine rings is 1. The monoisotopic (exact) mass is 567 g/mol. The number of guanidine groups is 1. The number of benzene rings is 1. The Morgan fingerprint density at radius 3 is 2.18 bits per heavy atom. The van der Waals surface area contributed by atoms with Gasteiger partial charge in [-0.3, -0.25) is 14.8 Å². The van der Waals surface area contributed by atoms with Crippen molar-refractivity contribution < 1.29 is 9.15 Å². The van der Waals surface area contributed by atoms with Crippen molar-refractivity contribution in [2.75, 3.05) is 59.5 Å². The van der Waals surface area contributed by atoms with E-state index in [1.54, 1.807) is 6.26 Å². The second-order valence-corrected chi connectivity index (χ2v) is 8.54. The smallest absolute Gasteiger partial charge is 0.191 e. The Kier molecular flexibility index (Phi) is 11.0. The number of hydrogen-bond acceptors (Lipinski definition) is 5. The van der Waals surface area contributed by atoms with Crippen molar-refractivity contribution in [3.05, 3.63) is 60.1 Å². The summed E-state index contributed by atoms with van der Waals surface area (Å²) in [6, 6.07) is 15.3. The van der Waals surface area contributed by atoms with Crippen LogP contribution in [0.4, 0.5) is 0 Å². The van der Waals surface area contributed by atoms with E-state index in [2.05, 4.69) is 61.8 Å². The molecule has 2 aromatic rings. The lowest BCUT2D eigenvalue weighted by atomic mass is 10.0. The highest BCUT2D eigenvalue weighted by Crippen LogP contribution is 2.25. The van der Waals surface area contributed by atoms with Crippen molar-refractivity contribution in [1.82, 2.24) is 20.4 Å². The van der Waals surface area contributed by atoms with E-state index in [-0.39, 0.29) is 36.1 Å². The molecule has 0 spiro atoms. The Bertz CT molecular complexity index is 805. The fourth-order valence-corrected chi connectivity index (χ4v) is 4.75. The number of nitrogens with zero attached hydrogens (tertiary/aromatic N) is 3. The number of piperidine rings is 1. The fraction of sp³-hybridized carbons (Fsp3) is 0.560. The maximum Gasteiger partial charge on any atom is 0.191 e. The summed E-state index contributed by atoms with van der Waals surface area (Å²) < 4.78 is 11.4. The molecule has 4 rings (SSSR count). The maximum absolute atomic E-state index is 5.79. The Balaban J connectivity index is 0.00000306. The number of rotatable bonds is 8. The molecule has 2 aliphatic rings. The average Bonchev–Trinajstić information content (AvgIpc) is 3.40. The van der Waals surface area contributed by atoms with Gasteiger partial charge in [0.05, 0.1) is 31.6 Å². The third-order valence-electron chi connectivity index (χ3n) is 6.52. The standard InChI is InChI=1S/C25H37N5O2.HI/c1-26-25(28-20-23(24-11-8-16-32-24)29-12-6-3-7-13-29)27-19-22(21-9-4-2-5-10-21)30-14-17-31-18-15-30;/h2,4-5,8-11,16,22-23H,3,6-7,12-15,17-20H2,1H3,(H2,26,27,28);1H. The molecule has 0 amide bonds.